The van der Waals surface area contributed by atoms with Gasteiger partial charge < -0.3 is 0 Å². The Balaban J connectivity index is 2.37. The van der Waals surface area contributed by atoms with Gasteiger partial charge in [0.25, 0.3) is 0 Å². The molecule has 5 nitrogen and oxygen atoms in total. The highest BCUT2D eigenvalue weighted by molar-refractivity contribution is 7.90. The van der Waals surface area contributed by atoms with E-state index in [1.807, 2.05) is 13.0 Å². The van der Waals surface area contributed by atoms with Crippen molar-refractivity contribution in [3.63, 3.8) is 0 Å². The molecule has 17 heavy (non-hydrogen) atoms. The van der Waals surface area contributed by atoms with Crippen LogP contribution in [-0.4, -0.2) is 31.8 Å². The monoisotopic (exact) mass is 271 g/mol. The van der Waals surface area contributed by atoms with E-state index in [9.17, 15) is 8.42 Å². The Bertz CT molecular complexity index is 647. The van der Waals surface area contributed by atoms with Gasteiger partial charge in [-0.05, 0) is 25.1 Å². The molecule has 1 aromatic heterocycles. The van der Waals surface area contributed by atoms with Crippen LogP contribution in [0.3, 0.4) is 0 Å². The summed E-state index contributed by atoms with van der Waals surface area (Å²) in [6, 6.07) is 5.32. The lowest BCUT2D eigenvalue weighted by Gasteiger charge is -2.13. The van der Waals surface area contributed by atoms with E-state index < -0.39 is 10.2 Å². The van der Waals surface area contributed by atoms with Crippen LogP contribution >= 0.6 is 11.3 Å². The third-order valence-electron chi connectivity index (χ3n) is 2.22. The molecule has 1 N–H and O–H groups in total. The van der Waals surface area contributed by atoms with Crippen molar-refractivity contribution in [3.8, 4) is 0 Å². The number of aromatic nitrogens is 1. The van der Waals surface area contributed by atoms with Crippen molar-refractivity contribution >= 4 is 37.5 Å². The predicted octanol–water partition coefficient (Wildman–Crippen LogP) is 1.82. The summed E-state index contributed by atoms with van der Waals surface area (Å²) in [7, 11) is -0.478. The quantitative estimate of drug-likeness (QED) is 0.926. The molecule has 0 aliphatic heterocycles. The minimum Gasteiger partial charge on any atom is -0.271 e. The highest BCUT2D eigenvalue weighted by atomic mass is 32.2. The van der Waals surface area contributed by atoms with Gasteiger partial charge in [-0.15, -0.1) is 11.3 Å². The SMILES string of the molecule is Cc1nc2ccc(NS(=O)(=O)N(C)C)cc2s1. The Morgan fingerprint density at radius 1 is 1.35 bits per heavy atom. The van der Waals surface area contributed by atoms with Crippen molar-refractivity contribution in [1.29, 1.82) is 0 Å². The van der Waals surface area contributed by atoms with E-state index in [0.717, 1.165) is 19.5 Å². The van der Waals surface area contributed by atoms with Crippen LogP contribution in [0.5, 0.6) is 0 Å². The van der Waals surface area contributed by atoms with Gasteiger partial charge in [-0.25, -0.2) is 4.98 Å². The topological polar surface area (TPSA) is 62.3 Å². The summed E-state index contributed by atoms with van der Waals surface area (Å²) in [5.74, 6) is 0. The fraction of sp³-hybridized carbons (Fsp3) is 0.300. The van der Waals surface area contributed by atoms with Crippen molar-refractivity contribution in [1.82, 2.24) is 9.29 Å². The summed E-state index contributed by atoms with van der Waals surface area (Å²) in [5.41, 5.74) is 1.44. The van der Waals surface area contributed by atoms with Gasteiger partial charge in [0.15, 0.2) is 0 Å². The van der Waals surface area contributed by atoms with Crippen LogP contribution in [0.15, 0.2) is 18.2 Å². The van der Waals surface area contributed by atoms with Crippen LogP contribution < -0.4 is 4.72 Å². The van der Waals surface area contributed by atoms with Crippen LogP contribution in [0, 0.1) is 6.92 Å². The van der Waals surface area contributed by atoms with Gasteiger partial charge in [-0.2, -0.15) is 12.7 Å². The van der Waals surface area contributed by atoms with Crippen molar-refractivity contribution in [2.45, 2.75) is 6.92 Å². The summed E-state index contributed by atoms with van der Waals surface area (Å²) < 4.78 is 27.9. The summed E-state index contributed by atoms with van der Waals surface area (Å²) in [5, 5.41) is 0.965. The molecule has 0 unspecified atom stereocenters. The standard InChI is InChI=1S/C10H13N3O2S2/c1-7-11-9-5-4-8(6-10(9)16-7)12-17(14,15)13(2)3/h4-6,12H,1-3H3. The number of hydrogen-bond donors (Lipinski definition) is 1. The molecule has 7 heteroatoms. The predicted molar refractivity (Wildman–Crippen MR) is 70.6 cm³/mol. The summed E-state index contributed by atoms with van der Waals surface area (Å²) in [4.78, 5) is 4.32. The Morgan fingerprint density at radius 2 is 2.06 bits per heavy atom. The van der Waals surface area contributed by atoms with Crippen LogP contribution in [-0.2, 0) is 10.2 Å². The number of aryl methyl sites for hydroxylation is 1. The maximum atomic E-state index is 11.6. The zero-order chi connectivity index (χ0) is 12.6. The van der Waals surface area contributed by atoms with E-state index in [0.29, 0.717) is 5.69 Å². The van der Waals surface area contributed by atoms with Crippen LogP contribution in [0.2, 0.25) is 0 Å². The molecule has 0 radical (unpaired) electrons. The van der Waals surface area contributed by atoms with Crippen LogP contribution in [0.4, 0.5) is 5.69 Å². The number of rotatable bonds is 3. The number of anilines is 1. The molecular formula is C10H13N3O2S2. The van der Waals surface area contributed by atoms with Gasteiger partial charge in [-0.1, -0.05) is 0 Å². The molecule has 1 aromatic carbocycles. The number of nitrogens with one attached hydrogen (secondary N) is 1. The van der Waals surface area contributed by atoms with Crippen molar-refractivity contribution in [2.24, 2.45) is 0 Å². The van der Waals surface area contributed by atoms with E-state index >= 15 is 0 Å². The number of nitrogens with zero attached hydrogens (tertiary/aromatic N) is 2. The first-order valence-corrected chi connectivity index (χ1v) is 7.21. The second kappa shape index (κ2) is 4.25. The van der Waals surface area contributed by atoms with E-state index in [1.165, 1.54) is 14.1 Å². The maximum absolute atomic E-state index is 11.6. The fourth-order valence-electron chi connectivity index (χ4n) is 1.34. The number of thiazole rings is 1. The molecule has 0 amide bonds. The Labute approximate surface area is 104 Å². The fourth-order valence-corrected chi connectivity index (χ4v) is 2.82. The van der Waals surface area contributed by atoms with Gasteiger partial charge in [0, 0.05) is 14.1 Å². The van der Waals surface area contributed by atoms with Crippen LogP contribution in [0.1, 0.15) is 5.01 Å². The summed E-state index contributed by atoms with van der Waals surface area (Å²) in [6.07, 6.45) is 0. The average molecular weight is 271 g/mol. The molecule has 0 saturated carbocycles. The van der Waals surface area contributed by atoms with Gasteiger partial charge in [-0.3, -0.25) is 4.72 Å². The van der Waals surface area contributed by atoms with E-state index in [-0.39, 0.29) is 0 Å². The van der Waals surface area contributed by atoms with E-state index in [2.05, 4.69) is 9.71 Å². The smallest absolute Gasteiger partial charge is 0.271 e. The van der Waals surface area contributed by atoms with E-state index in [4.69, 9.17) is 0 Å². The minimum atomic E-state index is -3.45. The average Bonchev–Trinajstić information content (AvgIpc) is 2.56. The molecule has 0 aliphatic rings. The van der Waals surface area contributed by atoms with Crippen molar-refractivity contribution in [2.75, 3.05) is 18.8 Å². The molecule has 0 saturated heterocycles. The molecule has 0 atom stereocenters. The third-order valence-corrected chi connectivity index (χ3v) is 4.61. The highest BCUT2D eigenvalue weighted by Gasteiger charge is 2.13. The first-order valence-electron chi connectivity index (χ1n) is 4.96. The normalized spacial score (nSPS) is 12.2. The van der Waals surface area contributed by atoms with Gasteiger partial charge in [0.1, 0.15) is 0 Å². The first kappa shape index (κ1) is 12.3. The largest absolute Gasteiger partial charge is 0.301 e. The number of fused-ring (bicyclic) bond motifs is 1. The second-order valence-corrected chi connectivity index (χ2v) is 6.92. The Kier molecular flexibility index (Phi) is 3.07. The molecule has 2 aromatic rings. The molecule has 92 valence electrons. The molecule has 0 aliphatic carbocycles. The molecule has 1 heterocycles. The van der Waals surface area contributed by atoms with Gasteiger partial charge >= 0.3 is 10.2 Å². The minimum absolute atomic E-state index is 0.551. The first-order chi connectivity index (χ1) is 7.88. The van der Waals surface area contributed by atoms with Crippen molar-refractivity contribution < 1.29 is 8.42 Å². The molecule has 0 spiro atoms. The Morgan fingerprint density at radius 3 is 2.71 bits per heavy atom. The highest BCUT2D eigenvalue weighted by Crippen LogP contribution is 2.25. The number of hydrogen-bond acceptors (Lipinski definition) is 4. The number of benzene rings is 1. The zero-order valence-corrected chi connectivity index (χ0v) is 11.4. The molecule has 0 fully saturated rings. The van der Waals surface area contributed by atoms with Gasteiger partial charge in [0.2, 0.25) is 0 Å². The Hall–Kier alpha value is -1.18. The molecule has 0 bridgehead atoms. The summed E-state index contributed by atoms with van der Waals surface area (Å²) >= 11 is 1.54. The zero-order valence-electron chi connectivity index (χ0n) is 9.76. The van der Waals surface area contributed by atoms with Crippen molar-refractivity contribution in [3.05, 3.63) is 23.2 Å². The van der Waals surface area contributed by atoms with Gasteiger partial charge in [0.05, 0.1) is 20.9 Å². The summed E-state index contributed by atoms with van der Waals surface area (Å²) in [6.45, 7) is 1.92. The maximum Gasteiger partial charge on any atom is 0.301 e. The van der Waals surface area contributed by atoms with Crippen LogP contribution in [0.25, 0.3) is 10.2 Å². The lowest BCUT2D eigenvalue weighted by molar-refractivity contribution is 0.527. The molecular weight excluding hydrogens is 258 g/mol. The molecule has 2 rings (SSSR count). The van der Waals surface area contributed by atoms with E-state index in [1.54, 1.807) is 23.5 Å². The lowest BCUT2D eigenvalue weighted by Crippen LogP contribution is -2.28. The third kappa shape index (κ3) is 2.56. The second-order valence-electron chi connectivity index (χ2n) is 3.80. The lowest BCUT2D eigenvalue weighted by atomic mass is 10.3.